The molecule has 0 aromatic heterocycles. The minimum absolute atomic E-state index is 0.0132. The van der Waals surface area contributed by atoms with Crippen molar-refractivity contribution in [1.82, 2.24) is 4.90 Å². The first-order chi connectivity index (χ1) is 8.91. The van der Waals surface area contributed by atoms with Crippen molar-refractivity contribution < 1.29 is 19.1 Å². The van der Waals surface area contributed by atoms with Gasteiger partial charge in [0.1, 0.15) is 5.82 Å². The number of rotatable bonds is 4. The maximum atomic E-state index is 13.0. The lowest BCUT2D eigenvalue weighted by Gasteiger charge is -2.28. The van der Waals surface area contributed by atoms with Crippen LogP contribution in [0.1, 0.15) is 31.4 Å². The van der Waals surface area contributed by atoms with Crippen molar-refractivity contribution in [1.29, 1.82) is 0 Å². The Hall–Kier alpha value is -1.62. The quantitative estimate of drug-likeness (QED) is 0.925. The van der Waals surface area contributed by atoms with Crippen LogP contribution in [-0.4, -0.2) is 27.9 Å². The minimum Gasteiger partial charge on any atom is -0.479 e. The van der Waals surface area contributed by atoms with Crippen LogP contribution in [0.5, 0.6) is 0 Å². The van der Waals surface area contributed by atoms with E-state index in [9.17, 15) is 19.1 Å². The molecule has 0 spiro atoms. The first-order valence-electron chi connectivity index (χ1n) is 5.88. The summed E-state index contributed by atoms with van der Waals surface area (Å²) in [6, 6.07) is 2.27. The molecule has 19 heavy (non-hydrogen) atoms. The van der Waals surface area contributed by atoms with E-state index in [2.05, 4.69) is 0 Å². The minimum atomic E-state index is -1.17. The predicted octanol–water partition coefficient (Wildman–Crippen LogP) is 2.62. The standard InChI is InChI=1S/C13H13ClFNO3/c1-7(17)16(9-3-4-9)12(13(18)19)10-5-2-8(15)6-11(10)14/h2,5-6,9,12H,3-4H2,1H3,(H,18,19). The number of benzene rings is 1. The molecule has 6 heteroatoms. The van der Waals surface area contributed by atoms with E-state index in [0.29, 0.717) is 0 Å². The molecule has 1 amide bonds. The van der Waals surface area contributed by atoms with Crippen LogP contribution in [0.2, 0.25) is 5.02 Å². The second-order valence-corrected chi connectivity index (χ2v) is 4.97. The number of carboxylic acids is 1. The molecule has 1 atom stereocenters. The van der Waals surface area contributed by atoms with Gasteiger partial charge in [0.05, 0.1) is 0 Å². The summed E-state index contributed by atoms with van der Waals surface area (Å²) in [6.07, 6.45) is 1.56. The van der Waals surface area contributed by atoms with Gasteiger partial charge in [-0.15, -0.1) is 0 Å². The maximum Gasteiger partial charge on any atom is 0.331 e. The van der Waals surface area contributed by atoms with E-state index in [4.69, 9.17) is 11.6 Å². The number of hydrogen-bond acceptors (Lipinski definition) is 2. The van der Waals surface area contributed by atoms with Crippen LogP contribution in [0.15, 0.2) is 18.2 Å². The number of hydrogen-bond donors (Lipinski definition) is 1. The van der Waals surface area contributed by atoms with Gasteiger partial charge in [-0.1, -0.05) is 17.7 Å². The second kappa shape index (κ2) is 5.17. The molecule has 1 aliphatic carbocycles. The van der Waals surface area contributed by atoms with Crippen molar-refractivity contribution in [3.05, 3.63) is 34.6 Å². The third kappa shape index (κ3) is 2.87. The van der Waals surface area contributed by atoms with Gasteiger partial charge >= 0.3 is 5.97 Å². The summed E-state index contributed by atoms with van der Waals surface area (Å²) >= 11 is 5.90. The van der Waals surface area contributed by atoms with E-state index < -0.39 is 17.8 Å². The highest BCUT2D eigenvalue weighted by atomic mass is 35.5. The smallest absolute Gasteiger partial charge is 0.331 e. The van der Waals surface area contributed by atoms with E-state index in [1.807, 2.05) is 0 Å². The monoisotopic (exact) mass is 285 g/mol. The van der Waals surface area contributed by atoms with E-state index >= 15 is 0 Å². The first-order valence-corrected chi connectivity index (χ1v) is 6.26. The average molecular weight is 286 g/mol. The summed E-state index contributed by atoms with van der Waals surface area (Å²) in [5, 5.41) is 9.38. The molecule has 0 bridgehead atoms. The fourth-order valence-electron chi connectivity index (χ4n) is 2.13. The number of amides is 1. The number of nitrogens with zero attached hydrogens (tertiary/aromatic N) is 1. The van der Waals surface area contributed by atoms with Crippen molar-refractivity contribution in [3.8, 4) is 0 Å². The molecule has 1 unspecified atom stereocenters. The Morgan fingerprint density at radius 3 is 2.53 bits per heavy atom. The molecule has 0 heterocycles. The summed E-state index contributed by atoms with van der Waals surface area (Å²) in [4.78, 5) is 24.4. The zero-order valence-electron chi connectivity index (χ0n) is 10.3. The molecule has 0 saturated heterocycles. The van der Waals surface area contributed by atoms with Gasteiger partial charge in [-0.25, -0.2) is 9.18 Å². The highest BCUT2D eigenvalue weighted by Gasteiger charge is 2.40. The molecule has 0 aliphatic heterocycles. The molecule has 1 fully saturated rings. The fourth-order valence-corrected chi connectivity index (χ4v) is 2.40. The molecule has 2 rings (SSSR count). The number of carbonyl (C=O) groups excluding carboxylic acids is 1. The van der Waals surface area contributed by atoms with Gasteiger partial charge in [0.15, 0.2) is 6.04 Å². The van der Waals surface area contributed by atoms with Crippen LogP contribution in [0.3, 0.4) is 0 Å². The molecule has 1 saturated carbocycles. The normalized spacial score (nSPS) is 15.9. The Labute approximate surface area is 114 Å². The van der Waals surface area contributed by atoms with Crippen molar-refractivity contribution in [2.45, 2.75) is 31.8 Å². The molecule has 1 aromatic carbocycles. The Morgan fingerprint density at radius 2 is 2.11 bits per heavy atom. The lowest BCUT2D eigenvalue weighted by molar-refractivity contribution is -0.150. The van der Waals surface area contributed by atoms with Crippen molar-refractivity contribution in [2.75, 3.05) is 0 Å². The Bertz CT molecular complexity index is 531. The lowest BCUT2D eigenvalue weighted by Crippen LogP contribution is -2.39. The van der Waals surface area contributed by atoms with E-state index in [1.54, 1.807) is 0 Å². The van der Waals surface area contributed by atoms with Gasteiger partial charge in [0, 0.05) is 23.6 Å². The SMILES string of the molecule is CC(=O)N(C1CC1)C(C(=O)O)c1ccc(F)cc1Cl. The van der Waals surface area contributed by atoms with Crippen molar-refractivity contribution >= 4 is 23.5 Å². The summed E-state index contributed by atoms with van der Waals surface area (Å²) in [6.45, 7) is 1.33. The largest absolute Gasteiger partial charge is 0.479 e. The summed E-state index contributed by atoms with van der Waals surface area (Å²) < 4.78 is 13.0. The van der Waals surface area contributed by atoms with Gasteiger partial charge in [-0.2, -0.15) is 0 Å². The summed E-state index contributed by atoms with van der Waals surface area (Å²) in [5.74, 6) is -2.04. The molecule has 1 aliphatic rings. The van der Waals surface area contributed by atoms with Crippen molar-refractivity contribution in [3.63, 3.8) is 0 Å². The molecule has 1 N–H and O–H groups in total. The van der Waals surface area contributed by atoms with Gasteiger partial charge in [-0.3, -0.25) is 4.79 Å². The maximum absolute atomic E-state index is 13.0. The summed E-state index contributed by atoms with van der Waals surface area (Å²) in [5.41, 5.74) is 0.234. The Morgan fingerprint density at radius 1 is 1.47 bits per heavy atom. The number of carbonyl (C=O) groups is 2. The van der Waals surface area contributed by atoms with E-state index in [-0.39, 0.29) is 22.5 Å². The van der Waals surface area contributed by atoms with Gasteiger partial charge in [0.2, 0.25) is 5.91 Å². The van der Waals surface area contributed by atoms with Gasteiger partial charge < -0.3 is 10.0 Å². The molecule has 0 radical (unpaired) electrons. The van der Waals surface area contributed by atoms with Gasteiger partial charge in [0.25, 0.3) is 0 Å². The lowest BCUT2D eigenvalue weighted by atomic mass is 10.0. The van der Waals surface area contributed by atoms with Crippen LogP contribution in [-0.2, 0) is 9.59 Å². The fraction of sp³-hybridized carbons (Fsp3) is 0.385. The zero-order chi connectivity index (χ0) is 14.2. The third-order valence-corrected chi connectivity index (χ3v) is 3.40. The highest BCUT2D eigenvalue weighted by Crippen LogP contribution is 2.37. The van der Waals surface area contributed by atoms with E-state index in [1.165, 1.54) is 17.9 Å². The van der Waals surface area contributed by atoms with Crippen LogP contribution in [0, 0.1) is 5.82 Å². The topological polar surface area (TPSA) is 57.6 Å². The van der Waals surface area contributed by atoms with Crippen LogP contribution in [0.4, 0.5) is 4.39 Å². The van der Waals surface area contributed by atoms with Crippen LogP contribution < -0.4 is 0 Å². The Balaban J connectivity index is 2.44. The van der Waals surface area contributed by atoms with Gasteiger partial charge in [-0.05, 0) is 25.0 Å². The number of aliphatic carboxylic acids is 1. The van der Waals surface area contributed by atoms with E-state index in [0.717, 1.165) is 25.0 Å². The first kappa shape index (κ1) is 13.8. The third-order valence-electron chi connectivity index (χ3n) is 3.07. The molecular formula is C13H13ClFNO3. The summed E-state index contributed by atoms with van der Waals surface area (Å²) in [7, 11) is 0. The molecule has 4 nitrogen and oxygen atoms in total. The van der Waals surface area contributed by atoms with Crippen molar-refractivity contribution in [2.24, 2.45) is 0 Å². The molecule has 102 valence electrons. The van der Waals surface area contributed by atoms with Crippen LogP contribution in [0.25, 0.3) is 0 Å². The Kier molecular flexibility index (Phi) is 3.75. The zero-order valence-corrected chi connectivity index (χ0v) is 11.0. The highest BCUT2D eigenvalue weighted by molar-refractivity contribution is 6.31. The van der Waals surface area contributed by atoms with Crippen LogP contribution >= 0.6 is 11.6 Å². The molecular weight excluding hydrogens is 273 g/mol. The number of halogens is 2. The predicted molar refractivity (Wildman–Crippen MR) is 67.3 cm³/mol. The average Bonchev–Trinajstić information content (AvgIpc) is 3.10. The molecule has 1 aromatic rings. The number of carboxylic acid groups (broad SMARTS) is 1. The second-order valence-electron chi connectivity index (χ2n) is 4.56.